The molecule has 0 saturated carbocycles. The molecule has 1 saturated heterocycles. The highest BCUT2D eigenvalue weighted by molar-refractivity contribution is 5.97. The van der Waals surface area contributed by atoms with E-state index in [0.717, 1.165) is 10.9 Å². The van der Waals surface area contributed by atoms with Crippen LogP contribution in [-0.2, 0) is 9.53 Å². The summed E-state index contributed by atoms with van der Waals surface area (Å²) in [6, 6.07) is 14.5. The van der Waals surface area contributed by atoms with Gasteiger partial charge in [-0.15, -0.1) is 0 Å². The molecule has 6 atom stereocenters. The zero-order valence-corrected chi connectivity index (χ0v) is 19.3. The Hall–Kier alpha value is -3.61. The smallest absolute Gasteiger partial charge is 0.231 e. The summed E-state index contributed by atoms with van der Waals surface area (Å²) in [5.41, 5.74) is 8.16. The molecule has 0 radical (unpaired) electrons. The number of nitrogens with zero attached hydrogens (tertiary/aromatic N) is 1. The third-order valence-electron chi connectivity index (χ3n) is 6.56. The number of para-hydroxylation sites is 2. The van der Waals surface area contributed by atoms with E-state index < -0.39 is 49.1 Å². The minimum absolute atomic E-state index is 0.174. The number of aromatic amines is 1. The largest absolute Gasteiger partial charge is 0.459 e. The second kappa shape index (κ2) is 9.45. The number of carbonyl (C=O) groups excluding carboxylic acids is 1. The van der Waals surface area contributed by atoms with Gasteiger partial charge in [-0.25, -0.2) is 0 Å². The quantitative estimate of drug-likeness (QED) is 0.207. The first-order valence-electron chi connectivity index (χ1n) is 11.4. The molecule has 4 aromatic rings. The van der Waals surface area contributed by atoms with Gasteiger partial charge in [-0.1, -0.05) is 30.3 Å². The molecule has 1 unspecified atom stereocenters. The van der Waals surface area contributed by atoms with E-state index in [1.165, 1.54) is 11.8 Å². The van der Waals surface area contributed by atoms with Crippen LogP contribution in [0.4, 0.5) is 0 Å². The van der Waals surface area contributed by atoms with Gasteiger partial charge in [-0.05, 0) is 23.8 Å². The second-order valence-corrected chi connectivity index (χ2v) is 8.67. The van der Waals surface area contributed by atoms with Crippen LogP contribution in [0.15, 0.2) is 54.7 Å². The summed E-state index contributed by atoms with van der Waals surface area (Å²) in [6.45, 7) is -0.605. The highest BCUT2D eigenvalue weighted by atomic mass is 16.7. The van der Waals surface area contributed by atoms with Crippen LogP contribution in [0.3, 0.4) is 0 Å². The highest BCUT2D eigenvalue weighted by Crippen LogP contribution is 2.41. The Labute approximate surface area is 205 Å². The van der Waals surface area contributed by atoms with E-state index in [2.05, 4.69) is 4.98 Å². The molecule has 0 aliphatic carbocycles. The van der Waals surface area contributed by atoms with E-state index in [1.807, 2.05) is 24.3 Å². The third kappa shape index (κ3) is 3.87. The third-order valence-corrected chi connectivity index (χ3v) is 6.56. The number of carbonyl (C=O) groups is 1. The fourth-order valence-electron chi connectivity index (χ4n) is 4.76. The topological polar surface area (TPSA) is 172 Å². The van der Waals surface area contributed by atoms with Crippen LogP contribution in [0.5, 0.6) is 5.75 Å². The summed E-state index contributed by atoms with van der Waals surface area (Å²) >= 11 is 0. The predicted molar refractivity (Wildman–Crippen MR) is 128 cm³/mol. The SMILES string of the molecule is COn1cc(C(C(N)=O)c2[nH]c3ccccc3c2O[C@@H]2O[C@H](CO)[C@@H](O)[C@H](O)[C@H]2O)c2ccccc21. The summed E-state index contributed by atoms with van der Waals surface area (Å²) in [5, 5.41) is 41.8. The fourth-order valence-corrected chi connectivity index (χ4v) is 4.76. The molecule has 2 aromatic heterocycles. The summed E-state index contributed by atoms with van der Waals surface area (Å²) < 4.78 is 13.2. The fraction of sp³-hybridized carbons (Fsp3) is 0.320. The van der Waals surface area contributed by atoms with Gasteiger partial charge in [-0.3, -0.25) is 4.79 Å². The monoisotopic (exact) mass is 497 g/mol. The van der Waals surface area contributed by atoms with Gasteiger partial charge < -0.3 is 45.5 Å². The van der Waals surface area contributed by atoms with Crippen molar-refractivity contribution in [1.29, 1.82) is 0 Å². The first-order chi connectivity index (χ1) is 17.3. The molecule has 36 heavy (non-hydrogen) atoms. The highest BCUT2D eigenvalue weighted by Gasteiger charge is 2.45. The zero-order chi connectivity index (χ0) is 25.6. The number of aliphatic hydroxyl groups excluding tert-OH is 4. The van der Waals surface area contributed by atoms with E-state index in [4.69, 9.17) is 20.0 Å². The van der Waals surface area contributed by atoms with Crippen LogP contribution >= 0.6 is 0 Å². The number of nitrogens with one attached hydrogen (secondary N) is 1. The summed E-state index contributed by atoms with van der Waals surface area (Å²) in [5.74, 6) is -1.51. The van der Waals surface area contributed by atoms with E-state index in [9.17, 15) is 25.2 Å². The Balaban J connectivity index is 1.66. The molecule has 11 nitrogen and oxygen atoms in total. The number of amides is 1. The molecule has 11 heteroatoms. The Morgan fingerprint density at radius 3 is 2.47 bits per heavy atom. The van der Waals surface area contributed by atoms with Crippen molar-refractivity contribution >= 4 is 27.7 Å². The standard InChI is InChI=1S/C25H27N3O8/c1-34-28-10-14(12-6-3-5-9-16(12)28)18(24(26)33)19-23(13-7-2-4-8-15(13)27-19)36-25-22(32)21(31)20(30)17(11-29)35-25/h2-10,17-18,20-22,25,27,29-32H,11H2,1H3,(H2,26,33)/t17-,18?,20-,21+,22-,25+/m1/s1. The minimum Gasteiger partial charge on any atom is -0.459 e. The zero-order valence-electron chi connectivity index (χ0n) is 19.3. The van der Waals surface area contributed by atoms with E-state index >= 15 is 0 Å². The molecule has 1 aliphatic rings. The van der Waals surface area contributed by atoms with Gasteiger partial charge in [0.2, 0.25) is 12.2 Å². The number of hydrogen-bond acceptors (Lipinski definition) is 8. The van der Waals surface area contributed by atoms with Gasteiger partial charge >= 0.3 is 0 Å². The number of fused-ring (bicyclic) bond motifs is 2. The lowest BCUT2D eigenvalue weighted by Crippen LogP contribution is -2.60. The number of hydrogen-bond donors (Lipinski definition) is 6. The van der Waals surface area contributed by atoms with Crippen LogP contribution in [0.1, 0.15) is 17.2 Å². The Bertz CT molecular complexity index is 1400. The van der Waals surface area contributed by atoms with Crippen molar-refractivity contribution in [2.24, 2.45) is 5.73 Å². The second-order valence-electron chi connectivity index (χ2n) is 8.67. The predicted octanol–water partition coefficient (Wildman–Crippen LogP) is -0.0231. The van der Waals surface area contributed by atoms with Gasteiger partial charge in [0.25, 0.3) is 0 Å². The molecule has 1 fully saturated rings. The van der Waals surface area contributed by atoms with Crippen LogP contribution < -0.4 is 15.3 Å². The molecular weight excluding hydrogens is 470 g/mol. The summed E-state index contributed by atoms with van der Waals surface area (Å²) in [4.78, 5) is 21.6. The summed E-state index contributed by atoms with van der Waals surface area (Å²) in [7, 11) is 1.51. The maximum atomic E-state index is 12.9. The molecule has 7 N–H and O–H groups in total. The first kappa shape index (κ1) is 24.1. The number of aromatic nitrogens is 2. The van der Waals surface area contributed by atoms with Crippen molar-refractivity contribution in [2.45, 2.75) is 36.6 Å². The molecule has 3 heterocycles. The van der Waals surface area contributed by atoms with Crippen LogP contribution in [-0.4, -0.2) is 80.5 Å². The Kier molecular flexibility index (Phi) is 6.33. The van der Waals surface area contributed by atoms with Crippen molar-refractivity contribution in [3.05, 3.63) is 66.0 Å². The molecule has 1 amide bonds. The maximum absolute atomic E-state index is 12.9. The van der Waals surface area contributed by atoms with E-state index in [-0.39, 0.29) is 5.75 Å². The number of rotatable bonds is 7. The number of benzene rings is 2. The number of aliphatic hydroxyl groups is 4. The van der Waals surface area contributed by atoms with Gasteiger partial charge in [0, 0.05) is 22.5 Å². The molecule has 5 rings (SSSR count). The van der Waals surface area contributed by atoms with Crippen molar-refractivity contribution in [3.8, 4) is 5.75 Å². The van der Waals surface area contributed by atoms with Crippen molar-refractivity contribution < 1.29 is 39.5 Å². The lowest BCUT2D eigenvalue weighted by molar-refractivity contribution is -0.277. The van der Waals surface area contributed by atoms with Gasteiger partial charge in [0.05, 0.1) is 17.8 Å². The lowest BCUT2D eigenvalue weighted by Gasteiger charge is -2.39. The number of H-pyrrole nitrogens is 1. The summed E-state index contributed by atoms with van der Waals surface area (Å²) in [6.07, 6.45) is -5.73. The van der Waals surface area contributed by atoms with Crippen molar-refractivity contribution in [2.75, 3.05) is 13.7 Å². The Morgan fingerprint density at radius 1 is 1.08 bits per heavy atom. The van der Waals surface area contributed by atoms with Crippen molar-refractivity contribution in [1.82, 2.24) is 9.71 Å². The molecular formula is C25H27N3O8. The number of primary amides is 1. The molecule has 0 bridgehead atoms. The van der Waals surface area contributed by atoms with Crippen molar-refractivity contribution in [3.63, 3.8) is 0 Å². The minimum atomic E-state index is -1.63. The average Bonchev–Trinajstić information content (AvgIpc) is 3.43. The van der Waals surface area contributed by atoms with Crippen LogP contribution in [0.2, 0.25) is 0 Å². The van der Waals surface area contributed by atoms with Gasteiger partial charge in [0.1, 0.15) is 37.4 Å². The number of ether oxygens (including phenoxy) is 2. The lowest BCUT2D eigenvalue weighted by atomic mass is 9.93. The van der Waals surface area contributed by atoms with E-state index in [0.29, 0.717) is 22.2 Å². The molecule has 0 spiro atoms. The van der Waals surface area contributed by atoms with Gasteiger partial charge in [-0.2, -0.15) is 4.73 Å². The molecule has 190 valence electrons. The normalized spacial score (nSPS) is 25.2. The first-order valence-corrected chi connectivity index (χ1v) is 11.4. The Morgan fingerprint density at radius 2 is 1.78 bits per heavy atom. The maximum Gasteiger partial charge on any atom is 0.231 e. The van der Waals surface area contributed by atoms with E-state index in [1.54, 1.807) is 30.5 Å². The molecule has 1 aliphatic heterocycles. The van der Waals surface area contributed by atoms with Gasteiger partial charge in [0.15, 0.2) is 5.75 Å². The molecule has 2 aromatic carbocycles. The average molecular weight is 498 g/mol. The van der Waals surface area contributed by atoms with Crippen LogP contribution in [0.25, 0.3) is 21.8 Å². The number of nitrogens with two attached hydrogens (primary N) is 1. The van der Waals surface area contributed by atoms with Crippen LogP contribution in [0, 0.1) is 0 Å².